The highest BCUT2D eigenvalue weighted by Gasteiger charge is 2.31. The van der Waals surface area contributed by atoms with E-state index < -0.39 is 6.03 Å². The summed E-state index contributed by atoms with van der Waals surface area (Å²) in [4.78, 5) is 39.2. The first-order valence-corrected chi connectivity index (χ1v) is 11.0. The quantitative estimate of drug-likeness (QED) is 0.547. The summed E-state index contributed by atoms with van der Waals surface area (Å²) in [5.74, 6) is -0.555. The second-order valence-electron chi connectivity index (χ2n) is 7.77. The van der Waals surface area contributed by atoms with Gasteiger partial charge in [-0.25, -0.2) is 4.79 Å². The number of nitrogens with one attached hydrogen (secondary N) is 2. The fourth-order valence-electron chi connectivity index (χ4n) is 3.86. The molecule has 0 radical (unpaired) electrons. The van der Waals surface area contributed by atoms with Gasteiger partial charge in [0, 0.05) is 36.0 Å². The molecular weight excluding hydrogens is 460 g/mol. The van der Waals surface area contributed by atoms with Gasteiger partial charge in [0.05, 0.1) is 16.8 Å². The van der Waals surface area contributed by atoms with Crippen LogP contribution in [0.4, 0.5) is 10.5 Å². The lowest BCUT2D eigenvalue weighted by Crippen LogP contribution is -2.28. The first-order valence-electron chi connectivity index (χ1n) is 10.3. The van der Waals surface area contributed by atoms with Crippen LogP contribution >= 0.6 is 23.8 Å². The van der Waals surface area contributed by atoms with Gasteiger partial charge in [-0.1, -0.05) is 66.3 Å². The highest BCUT2D eigenvalue weighted by Crippen LogP contribution is 2.31. The van der Waals surface area contributed by atoms with Crippen LogP contribution < -0.4 is 16.4 Å². The lowest BCUT2D eigenvalue weighted by Gasteiger charge is -2.17. The number of hydrogen-bond acceptors (Lipinski definition) is 4. The number of allylic oxidation sites excluding steroid dienone is 3. The van der Waals surface area contributed by atoms with Gasteiger partial charge < -0.3 is 21.3 Å². The van der Waals surface area contributed by atoms with E-state index in [9.17, 15) is 14.4 Å². The zero-order valence-corrected chi connectivity index (χ0v) is 19.1. The number of urea groups is 1. The van der Waals surface area contributed by atoms with Crippen LogP contribution in [0.15, 0.2) is 65.2 Å². The minimum Gasteiger partial charge on any atom is -0.352 e. The maximum absolute atomic E-state index is 13.2. The zero-order chi connectivity index (χ0) is 23.5. The molecule has 1 aliphatic carbocycles. The summed E-state index contributed by atoms with van der Waals surface area (Å²) in [6, 6.07) is 12.4. The van der Waals surface area contributed by atoms with Crippen molar-refractivity contribution < 1.29 is 14.4 Å². The highest BCUT2D eigenvalue weighted by atomic mass is 35.5. The number of anilines is 1. The molecule has 7 nitrogen and oxygen atoms in total. The molecule has 2 aromatic rings. The molecule has 2 aromatic carbocycles. The Kier molecular flexibility index (Phi) is 6.57. The molecule has 4 N–H and O–H groups in total. The smallest absolute Gasteiger partial charge is 0.312 e. The fraction of sp³-hybridized carbons (Fsp3) is 0.167. The molecule has 4 amide bonds. The topological polar surface area (TPSA) is 105 Å². The number of halogens is 1. The van der Waals surface area contributed by atoms with Gasteiger partial charge in [0.15, 0.2) is 0 Å². The van der Waals surface area contributed by atoms with Crippen molar-refractivity contribution in [1.29, 1.82) is 0 Å². The number of hydrogen-bond donors (Lipinski definition) is 3. The Morgan fingerprint density at radius 3 is 2.70 bits per heavy atom. The Morgan fingerprint density at radius 1 is 1.15 bits per heavy atom. The van der Waals surface area contributed by atoms with E-state index in [4.69, 9.17) is 29.6 Å². The van der Waals surface area contributed by atoms with Crippen LogP contribution in [0.1, 0.15) is 33.5 Å². The third kappa shape index (κ3) is 5.13. The van der Waals surface area contributed by atoms with Gasteiger partial charge in [-0.3, -0.25) is 9.59 Å². The van der Waals surface area contributed by atoms with Crippen LogP contribution in [0.25, 0.3) is 0 Å². The molecule has 0 atom stereocenters. The number of rotatable bonds is 6. The molecule has 0 saturated carbocycles. The SMILES string of the molecule is NC(=O)NCc1cccc(CN2Cc3cccc(NC(=O)C4=CC(Cl)=CCC4=S)c3C2=O)c1. The number of benzene rings is 2. The average molecular weight is 481 g/mol. The Morgan fingerprint density at radius 2 is 1.91 bits per heavy atom. The molecule has 4 rings (SSSR count). The Labute approximate surface area is 201 Å². The van der Waals surface area contributed by atoms with Crippen molar-refractivity contribution in [3.05, 3.63) is 87.5 Å². The van der Waals surface area contributed by atoms with E-state index in [1.54, 1.807) is 23.1 Å². The lowest BCUT2D eigenvalue weighted by atomic mass is 10.0. The van der Waals surface area contributed by atoms with E-state index >= 15 is 0 Å². The van der Waals surface area contributed by atoms with Gasteiger partial charge in [-0.05, 0) is 28.8 Å². The van der Waals surface area contributed by atoms with Gasteiger partial charge in [0.25, 0.3) is 11.8 Å². The van der Waals surface area contributed by atoms with E-state index in [0.717, 1.165) is 16.7 Å². The van der Waals surface area contributed by atoms with Crippen molar-refractivity contribution in [2.24, 2.45) is 5.73 Å². The van der Waals surface area contributed by atoms with Crippen molar-refractivity contribution in [1.82, 2.24) is 10.2 Å². The maximum atomic E-state index is 13.2. The van der Waals surface area contributed by atoms with Crippen LogP contribution in [0, 0.1) is 0 Å². The third-order valence-electron chi connectivity index (χ3n) is 5.40. The molecule has 0 bridgehead atoms. The number of nitrogens with two attached hydrogens (primary N) is 1. The third-order valence-corrected chi connectivity index (χ3v) is 6.05. The second-order valence-corrected chi connectivity index (χ2v) is 8.70. The largest absolute Gasteiger partial charge is 0.352 e. The van der Waals surface area contributed by atoms with Gasteiger partial charge in [-0.15, -0.1) is 0 Å². The van der Waals surface area contributed by atoms with E-state index in [2.05, 4.69) is 10.6 Å². The lowest BCUT2D eigenvalue weighted by molar-refractivity contribution is -0.112. The first kappa shape index (κ1) is 22.7. The van der Waals surface area contributed by atoms with Crippen molar-refractivity contribution in [3.8, 4) is 0 Å². The molecule has 0 unspecified atom stereocenters. The highest BCUT2D eigenvalue weighted by molar-refractivity contribution is 7.81. The number of primary amides is 1. The Balaban J connectivity index is 1.50. The number of carbonyl (C=O) groups excluding carboxylic acids is 3. The number of thiocarbonyl (C=S) groups is 1. The predicted molar refractivity (Wildman–Crippen MR) is 131 cm³/mol. The standard InChI is InChI=1S/C24H21ClN4O3S/c25-17-7-8-20(33)18(10-17)22(30)28-19-6-2-5-16-13-29(23(31)21(16)19)12-15-4-1-3-14(9-15)11-27-24(26)32/h1-7,9-10H,8,11-13H2,(H,28,30)(H3,26,27,32). The van der Waals surface area contributed by atoms with E-state index in [0.29, 0.717) is 52.8 Å². The van der Waals surface area contributed by atoms with Gasteiger partial charge in [-0.2, -0.15) is 0 Å². The van der Waals surface area contributed by atoms with Crippen molar-refractivity contribution >= 4 is 52.2 Å². The molecule has 0 spiro atoms. The molecule has 168 valence electrons. The second kappa shape index (κ2) is 9.56. The monoisotopic (exact) mass is 480 g/mol. The van der Waals surface area contributed by atoms with Crippen LogP contribution in [0.5, 0.6) is 0 Å². The van der Waals surface area contributed by atoms with Crippen molar-refractivity contribution in [2.75, 3.05) is 5.32 Å². The normalized spacial score (nSPS) is 15.0. The minimum absolute atomic E-state index is 0.167. The van der Waals surface area contributed by atoms with Crippen LogP contribution in [0.3, 0.4) is 0 Å². The molecule has 1 aliphatic heterocycles. The molecule has 9 heteroatoms. The van der Waals surface area contributed by atoms with E-state index in [1.165, 1.54) is 0 Å². The van der Waals surface area contributed by atoms with Gasteiger partial charge in [0.2, 0.25) is 0 Å². The zero-order valence-electron chi connectivity index (χ0n) is 17.6. The molecule has 33 heavy (non-hydrogen) atoms. The van der Waals surface area contributed by atoms with Gasteiger partial charge >= 0.3 is 6.03 Å². The molecule has 0 aromatic heterocycles. The number of amides is 4. The van der Waals surface area contributed by atoms with Crippen molar-refractivity contribution in [3.63, 3.8) is 0 Å². The summed E-state index contributed by atoms with van der Waals surface area (Å²) in [6.45, 7) is 1.13. The molecule has 1 heterocycles. The number of carbonyl (C=O) groups is 3. The summed E-state index contributed by atoms with van der Waals surface area (Å²) in [5, 5.41) is 5.85. The van der Waals surface area contributed by atoms with Crippen LogP contribution in [-0.4, -0.2) is 27.6 Å². The summed E-state index contributed by atoms with van der Waals surface area (Å²) in [5.41, 5.74) is 9.02. The molecule has 2 aliphatic rings. The molecule has 0 saturated heterocycles. The fourth-order valence-corrected chi connectivity index (χ4v) is 4.28. The van der Waals surface area contributed by atoms with Crippen LogP contribution in [-0.2, 0) is 24.4 Å². The van der Waals surface area contributed by atoms with E-state index in [1.807, 2.05) is 36.4 Å². The maximum Gasteiger partial charge on any atom is 0.312 e. The van der Waals surface area contributed by atoms with Crippen LogP contribution in [0.2, 0.25) is 0 Å². The summed E-state index contributed by atoms with van der Waals surface area (Å²) < 4.78 is 0. The minimum atomic E-state index is -0.594. The van der Waals surface area contributed by atoms with E-state index in [-0.39, 0.29) is 11.8 Å². The summed E-state index contributed by atoms with van der Waals surface area (Å²) in [7, 11) is 0. The number of nitrogens with zero attached hydrogens (tertiary/aromatic N) is 1. The Hall–Kier alpha value is -3.49. The molecule has 0 fully saturated rings. The number of fused-ring (bicyclic) bond motifs is 1. The van der Waals surface area contributed by atoms with Gasteiger partial charge in [0.1, 0.15) is 0 Å². The predicted octanol–water partition coefficient (Wildman–Crippen LogP) is 3.77. The molecular formula is C24H21ClN4O3S. The Bertz CT molecular complexity index is 1240. The average Bonchev–Trinajstić information content (AvgIpc) is 3.10. The summed E-state index contributed by atoms with van der Waals surface area (Å²) in [6.07, 6.45) is 3.72. The first-order chi connectivity index (χ1) is 15.8. The van der Waals surface area contributed by atoms with Crippen molar-refractivity contribution in [2.45, 2.75) is 26.1 Å². The summed E-state index contributed by atoms with van der Waals surface area (Å²) >= 11 is 11.3.